The highest BCUT2D eigenvalue weighted by Crippen LogP contribution is 2.24. The summed E-state index contributed by atoms with van der Waals surface area (Å²) in [5.41, 5.74) is 0.710. The number of para-hydroxylation sites is 2. The second-order valence-corrected chi connectivity index (χ2v) is 5.27. The highest BCUT2D eigenvalue weighted by molar-refractivity contribution is 5.93. The van der Waals surface area contributed by atoms with Gasteiger partial charge in [-0.05, 0) is 31.0 Å². The van der Waals surface area contributed by atoms with Crippen LogP contribution in [0.4, 0.5) is 5.69 Å². The quantitative estimate of drug-likeness (QED) is 0.650. The summed E-state index contributed by atoms with van der Waals surface area (Å²) in [7, 11) is 1.67. The first-order chi connectivity index (χ1) is 10.1. The van der Waals surface area contributed by atoms with Gasteiger partial charge in [0.15, 0.2) is 0 Å². The third kappa shape index (κ3) is 7.68. The number of rotatable bonds is 10. The Balaban J connectivity index is 2.40. The molecule has 0 fully saturated rings. The van der Waals surface area contributed by atoms with E-state index < -0.39 is 0 Å². The van der Waals surface area contributed by atoms with Gasteiger partial charge in [-0.15, -0.1) is 0 Å². The molecule has 0 aliphatic heterocycles. The van der Waals surface area contributed by atoms with Crippen molar-refractivity contribution < 1.29 is 14.3 Å². The molecular weight excluding hydrogens is 268 g/mol. The fourth-order valence-electron chi connectivity index (χ4n) is 1.69. The Labute approximate surface area is 127 Å². The van der Waals surface area contributed by atoms with Crippen molar-refractivity contribution in [3.05, 3.63) is 24.3 Å². The van der Waals surface area contributed by atoms with E-state index in [9.17, 15) is 4.79 Å². The van der Waals surface area contributed by atoms with Gasteiger partial charge in [-0.3, -0.25) is 4.79 Å². The van der Waals surface area contributed by atoms with Crippen molar-refractivity contribution in [2.75, 3.05) is 38.7 Å². The number of carbonyl (C=O) groups excluding carboxylic acids is 1. The molecule has 1 rings (SSSR count). The SMILES string of the molecule is COCCCNCC(=O)Nc1ccccc1OCC(C)C. The van der Waals surface area contributed by atoms with Gasteiger partial charge in [-0.25, -0.2) is 0 Å². The molecule has 0 spiro atoms. The van der Waals surface area contributed by atoms with Crippen LogP contribution in [0, 0.1) is 5.92 Å². The van der Waals surface area contributed by atoms with E-state index in [1.165, 1.54) is 0 Å². The second kappa shape index (κ2) is 10.2. The lowest BCUT2D eigenvalue weighted by Gasteiger charge is -2.14. The number of amides is 1. The average Bonchev–Trinajstić information content (AvgIpc) is 2.46. The lowest BCUT2D eigenvalue weighted by atomic mass is 10.2. The van der Waals surface area contributed by atoms with Crippen LogP contribution in [0.25, 0.3) is 0 Å². The highest BCUT2D eigenvalue weighted by Gasteiger charge is 2.07. The molecule has 0 saturated carbocycles. The molecule has 0 aliphatic rings. The van der Waals surface area contributed by atoms with Gasteiger partial charge in [-0.1, -0.05) is 26.0 Å². The normalized spacial score (nSPS) is 10.7. The summed E-state index contributed by atoms with van der Waals surface area (Å²) in [5, 5.41) is 5.94. The number of benzene rings is 1. The van der Waals surface area contributed by atoms with Crippen LogP contribution in [-0.4, -0.2) is 39.3 Å². The van der Waals surface area contributed by atoms with Crippen molar-refractivity contribution in [3.8, 4) is 5.75 Å². The molecule has 0 saturated heterocycles. The third-order valence-corrected chi connectivity index (χ3v) is 2.72. The number of methoxy groups -OCH3 is 1. The second-order valence-electron chi connectivity index (χ2n) is 5.27. The topological polar surface area (TPSA) is 59.6 Å². The number of ether oxygens (including phenoxy) is 2. The van der Waals surface area contributed by atoms with Crippen molar-refractivity contribution in [2.45, 2.75) is 20.3 Å². The fraction of sp³-hybridized carbons (Fsp3) is 0.562. The van der Waals surface area contributed by atoms with Crippen LogP contribution < -0.4 is 15.4 Å². The number of anilines is 1. The largest absolute Gasteiger partial charge is 0.491 e. The highest BCUT2D eigenvalue weighted by atomic mass is 16.5. The molecule has 118 valence electrons. The van der Waals surface area contributed by atoms with Gasteiger partial charge in [0, 0.05) is 13.7 Å². The maximum atomic E-state index is 11.9. The maximum absolute atomic E-state index is 11.9. The third-order valence-electron chi connectivity index (χ3n) is 2.72. The fourth-order valence-corrected chi connectivity index (χ4v) is 1.69. The molecule has 21 heavy (non-hydrogen) atoms. The molecule has 1 aromatic carbocycles. The first kappa shape index (κ1) is 17.5. The van der Waals surface area contributed by atoms with Crippen LogP contribution in [0.2, 0.25) is 0 Å². The van der Waals surface area contributed by atoms with E-state index in [0.29, 0.717) is 30.6 Å². The van der Waals surface area contributed by atoms with Crippen LogP contribution in [0.3, 0.4) is 0 Å². The summed E-state index contributed by atoms with van der Waals surface area (Å²) in [4.78, 5) is 11.9. The van der Waals surface area contributed by atoms with Crippen LogP contribution in [0.1, 0.15) is 20.3 Å². The Morgan fingerprint density at radius 2 is 2.05 bits per heavy atom. The minimum absolute atomic E-state index is 0.0759. The van der Waals surface area contributed by atoms with Gasteiger partial charge >= 0.3 is 0 Å². The van der Waals surface area contributed by atoms with E-state index in [-0.39, 0.29) is 12.5 Å². The predicted octanol–water partition coefficient (Wildman–Crippen LogP) is 2.29. The van der Waals surface area contributed by atoms with Gasteiger partial charge in [0.2, 0.25) is 5.91 Å². The molecule has 1 amide bonds. The minimum atomic E-state index is -0.0759. The van der Waals surface area contributed by atoms with Gasteiger partial charge in [0.05, 0.1) is 18.8 Å². The molecule has 1 aromatic rings. The summed E-state index contributed by atoms with van der Waals surface area (Å²) < 4.78 is 10.7. The molecule has 0 aromatic heterocycles. The number of hydrogen-bond donors (Lipinski definition) is 2. The Morgan fingerprint density at radius 3 is 2.76 bits per heavy atom. The van der Waals surface area contributed by atoms with Crippen LogP contribution in [0.15, 0.2) is 24.3 Å². The zero-order chi connectivity index (χ0) is 15.5. The molecule has 0 unspecified atom stereocenters. The molecule has 0 atom stereocenters. The van der Waals surface area contributed by atoms with E-state index in [0.717, 1.165) is 13.0 Å². The first-order valence-electron chi connectivity index (χ1n) is 7.34. The van der Waals surface area contributed by atoms with Crippen molar-refractivity contribution >= 4 is 11.6 Å². The van der Waals surface area contributed by atoms with E-state index in [1.807, 2.05) is 24.3 Å². The van der Waals surface area contributed by atoms with Crippen molar-refractivity contribution in [1.29, 1.82) is 0 Å². The predicted molar refractivity (Wildman–Crippen MR) is 84.8 cm³/mol. The molecule has 5 heteroatoms. The van der Waals surface area contributed by atoms with Crippen molar-refractivity contribution in [2.24, 2.45) is 5.92 Å². The lowest BCUT2D eigenvalue weighted by molar-refractivity contribution is -0.115. The van der Waals surface area contributed by atoms with Crippen LogP contribution in [-0.2, 0) is 9.53 Å². The average molecular weight is 294 g/mol. The lowest BCUT2D eigenvalue weighted by Crippen LogP contribution is -2.29. The molecular formula is C16H26N2O3. The van der Waals surface area contributed by atoms with E-state index in [1.54, 1.807) is 7.11 Å². The Kier molecular flexibility index (Phi) is 8.47. The molecule has 0 heterocycles. The Bertz CT molecular complexity index is 422. The van der Waals surface area contributed by atoms with Crippen molar-refractivity contribution in [3.63, 3.8) is 0 Å². The van der Waals surface area contributed by atoms with Gasteiger partial charge in [-0.2, -0.15) is 0 Å². The number of hydrogen-bond acceptors (Lipinski definition) is 4. The maximum Gasteiger partial charge on any atom is 0.238 e. The van der Waals surface area contributed by atoms with Crippen LogP contribution in [0.5, 0.6) is 5.75 Å². The smallest absolute Gasteiger partial charge is 0.238 e. The molecule has 2 N–H and O–H groups in total. The minimum Gasteiger partial charge on any atom is -0.491 e. The van der Waals surface area contributed by atoms with E-state index >= 15 is 0 Å². The monoisotopic (exact) mass is 294 g/mol. The zero-order valence-corrected chi connectivity index (χ0v) is 13.1. The number of carbonyl (C=O) groups is 1. The summed E-state index contributed by atoms with van der Waals surface area (Å²) >= 11 is 0. The van der Waals surface area contributed by atoms with Gasteiger partial charge in [0.1, 0.15) is 5.75 Å². The number of nitrogens with one attached hydrogen (secondary N) is 2. The standard InChI is InChI=1S/C16H26N2O3/c1-13(2)12-21-15-8-5-4-7-14(15)18-16(19)11-17-9-6-10-20-3/h4-5,7-8,13,17H,6,9-12H2,1-3H3,(H,18,19). The van der Waals surface area contributed by atoms with Gasteiger partial charge in [0.25, 0.3) is 0 Å². The molecule has 0 aliphatic carbocycles. The molecule has 0 bridgehead atoms. The molecule has 5 nitrogen and oxygen atoms in total. The van der Waals surface area contributed by atoms with E-state index in [2.05, 4.69) is 24.5 Å². The van der Waals surface area contributed by atoms with Crippen molar-refractivity contribution in [1.82, 2.24) is 5.32 Å². The van der Waals surface area contributed by atoms with E-state index in [4.69, 9.17) is 9.47 Å². The van der Waals surface area contributed by atoms with Crippen LogP contribution >= 0.6 is 0 Å². The first-order valence-corrected chi connectivity index (χ1v) is 7.34. The summed E-state index contributed by atoms with van der Waals surface area (Å²) in [5.74, 6) is 1.07. The summed E-state index contributed by atoms with van der Waals surface area (Å²) in [6.07, 6.45) is 0.887. The summed E-state index contributed by atoms with van der Waals surface area (Å²) in [6, 6.07) is 7.49. The Hall–Kier alpha value is -1.59. The zero-order valence-electron chi connectivity index (χ0n) is 13.1. The Morgan fingerprint density at radius 1 is 1.29 bits per heavy atom. The molecule has 0 radical (unpaired) electrons. The van der Waals surface area contributed by atoms with Gasteiger partial charge < -0.3 is 20.1 Å². The summed E-state index contributed by atoms with van der Waals surface area (Å²) in [6.45, 7) is 6.54.